The number of aromatic nitrogens is 1. The van der Waals surface area contributed by atoms with Crippen LogP contribution in [0.15, 0.2) is 48.5 Å². The highest BCUT2D eigenvalue weighted by Crippen LogP contribution is 2.39. The molecule has 9 nitrogen and oxygen atoms in total. The van der Waals surface area contributed by atoms with Crippen molar-refractivity contribution in [1.29, 1.82) is 0 Å². The first-order chi connectivity index (χ1) is 20.0. The van der Waals surface area contributed by atoms with Gasteiger partial charge in [0.15, 0.2) is 0 Å². The number of amides is 1. The van der Waals surface area contributed by atoms with Crippen LogP contribution in [0.2, 0.25) is 0 Å². The summed E-state index contributed by atoms with van der Waals surface area (Å²) in [5, 5.41) is 12.2. The van der Waals surface area contributed by atoms with E-state index >= 15 is 0 Å². The molecule has 1 aromatic heterocycles. The van der Waals surface area contributed by atoms with E-state index in [9.17, 15) is 28.1 Å². The number of hydrogen-bond acceptors (Lipinski definition) is 7. The fourth-order valence-corrected chi connectivity index (χ4v) is 5.82. The Balaban J connectivity index is 1.08. The molecule has 0 atom stereocenters. The smallest absolute Gasteiger partial charge is 0.372 e. The first-order valence-corrected chi connectivity index (χ1v) is 14.1. The molecule has 2 heterocycles. The number of piperazine rings is 1. The molecule has 0 radical (unpaired) electrons. The van der Waals surface area contributed by atoms with Gasteiger partial charge in [0.25, 0.3) is 5.69 Å². The number of carbonyl (C=O) groups is 1. The fourth-order valence-electron chi connectivity index (χ4n) is 5.82. The van der Waals surface area contributed by atoms with Crippen LogP contribution in [-0.4, -0.2) is 72.7 Å². The van der Waals surface area contributed by atoms with Gasteiger partial charge in [0.2, 0.25) is 5.91 Å². The van der Waals surface area contributed by atoms with Crippen LogP contribution in [0, 0.1) is 17.0 Å². The lowest BCUT2D eigenvalue weighted by molar-refractivity contribution is -0.388. The van der Waals surface area contributed by atoms with E-state index in [1.807, 2.05) is 23.1 Å². The number of hydrogen-bond donors (Lipinski definition) is 0. The van der Waals surface area contributed by atoms with E-state index < -0.39 is 22.4 Å². The molecule has 224 valence electrons. The number of benzene rings is 2. The minimum atomic E-state index is -4.82. The minimum absolute atomic E-state index is 0.00393. The third-order valence-corrected chi connectivity index (χ3v) is 8.31. The molecule has 2 aromatic carbocycles. The summed E-state index contributed by atoms with van der Waals surface area (Å²) in [6.45, 7) is 4.60. The first-order valence-electron chi connectivity index (χ1n) is 14.1. The van der Waals surface area contributed by atoms with Gasteiger partial charge in [0.05, 0.1) is 16.5 Å². The summed E-state index contributed by atoms with van der Waals surface area (Å²) >= 11 is 0. The highest BCUT2D eigenvalue weighted by atomic mass is 19.4. The van der Waals surface area contributed by atoms with E-state index in [-0.39, 0.29) is 30.3 Å². The zero-order chi connectivity index (χ0) is 30.0. The quantitative estimate of drug-likeness (QED) is 0.264. The number of fused-ring (bicyclic) bond motifs is 1. The Hall–Kier alpha value is -3.93. The van der Waals surface area contributed by atoms with Crippen molar-refractivity contribution in [1.82, 2.24) is 9.88 Å². The third-order valence-electron chi connectivity index (χ3n) is 8.31. The third kappa shape index (κ3) is 6.59. The summed E-state index contributed by atoms with van der Waals surface area (Å²) in [5.74, 6) is 0.848. The average Bonchev–Trinajstić information content (AvgIpc) is 2.98. The zero-order valence-electron chi connectivity index (χ0n) is 23.6. The molecular formula is C30H34F3N5O4. The van der Waals surface area contributed by atoms with Crippen LogP contribution >= 0.6 is 0 Å². The number of nitro benzene ring substituents is 1. The van der Waals surface area contributed by atoms with Crippen molar-refractivity contribution >= 4 is 34.0 Å². The molecule has 0 unspecified atom stereocenters. The number of ether oxygens (including phenoxy) is 1. The molecule has 42 heavy (non-hydrogen) atoms. The van der Waals surface area contributed by atoms with E-state index in [0.29, 0.717) is 51.9 Å². The second-order valence-electron chi connectivity index (χ2n) is 11.0. The summed E-state index contributed by atoms with van der Waals surface area (Å²) in [7, 11) is 1.70. The summed E-state index contributed by atoms with van der Waals surface area (Å²) in [6, 6.07) is 13.3. The second kappa shape index (κ2) is 12.1. The Labute approximate surface area is 242 Å². The summed E-state index contributed by atoms with van der Waals surface area (Å²) in [4.78, 5) is 33.4. The standard InChI is InChI=1S/C30H34F3N5O4/c1-20-3-10-26-21(17-20)4-12-28(34-26)36-13-15-37(16-14-36)29(39)19-42-24-8-5-22(6-9-24)35(2)23-7-11-27(38(40)41)25(18-23)30(31,32)33/h3-4,7,10-12,17-18,22,24H,5-6,8-9,13-16,19H2,1-2H3/t22-,24-. The molecule has 3 aromatic rings. The molecule has 1 amide bonds. The number of nitrogens with zero attached hydrogens (tertiary/aromatic N) is 5. The molecule has 2 aliphatic rings. The Bertz CT molecular complexity index is 1450. The zero-order valence-corrected chi connectivity index (χ0v) is 23.6. The molecule has 2 fully saturated rings. The molecule has 1 saturated heterocycles. The van der Waals surface area contributed by atoms with Gasteiger partial charge in [-0.1, -0.05) is 11.6 Å². The van der Waals surface area contributed by atoms with Gasteiger partial charge in [-0.3, -0.25) is 14.9 Å². The van der Waals surface area contributed by atoms with Gasteiger partial charge in [-0.2, -0.15) is 13.2 Å². The van der Waals surface area contributed by atoms with E-state index in [0.717, 1.165) is 28.9 Å². The lowest BCUT2D eigenvalue weighted by Gasteiger charge is -2.37. The largest absolute Gasteiger partial charge is 0.423 e. The monoisotopic (exact) mass is 585 g/mol. The normalized spacial score (nSPS) is 19.6. The van der Waals surface area contributed by atoms with Crippen LogP contribution < -0.4 is 9.80 Å². The van der Waals surface area contributed by atoms with Crippen LogP contribution in [0.5, 0.6) is 0 Å². The molecular weight excluding hydrogens is 551 g/mol. The van der Waals surface area contributed by atoms with Crippen LogP contribution in [0.25, 0.3) is 10.9 Å². The molecule has 1 aliphatic heterocycles. The van der Waals surface area contributed by atoms with E-state index in [2.05, 4.69) is 24.0 Å². The predicted octanol–water partition coefficient (Wildman–Crippen LogP) is 5.58. The van der Waals surface area contributed by atoms with Gasteiger partial charge in [0.1, 0.15) is 18.0 Å². The lowest BCUT2D eigenvalue weighted by atomic mass is 9.91. The van der Waals surface area contributed by atoms with Gasteiger partial charge < -0.3 is 19.4 Å². The topological polar surface area (TPSA) is 92.1 Å². The summed E-state index contributed by atoms with van der Waals surface area (Å²) < 4.78 is 46.2. The molecule has 0 bridgehead atoms. The number of nitro groups is 1. The van der Waals surface area contributed by atoms with Crippen LogP contribution in [0.4, 0.5) is 30.4 Å². The van der Waals surface area contributed by atoms with Crippen LogP contribution in [0.3, 0.4) is 0 Å². The Morgan fingerprint density at radius 2 is 1.76 bits per heavy atom. The Morgan fingerprint density at radius 3 is 2.43 bits per heavy atom. The number of alkyl halides is 3. The number of anilines is 2. The summed E-state index contributed by atoms with van der Waals surface area (Å²) in [5.41, 5.74) is 0.211. The molecule has 12 heteroatoms. The predicted molar refractivity (Wildman–Crippen MR) is 154 cm³/mol. The molecule has 1 saturated carbocycles. The van der Waals surface area contributed by atoms with Gasteiger partial charge in [-0.15, -0.1) is 0 Å². The first kappa shape index (κ1) is 29.6. The van der Waals surface area contributed by atoms with Gasteiger partial charge in [-0.05, 0) is 69.0 Å². The minimum Gasteiger partial charge on any atom is -0.372 e. The van der Waals surface area contributed by atoms with Crippen LogP contribution in [0.1, 0.15) is 36.8 Å². The molecule has 0 spiro atoms. The van der Waals surface area contributed by atoms with E-state index in [4.69, 9.17) is 9.72 Å². The van der Waals surface area contributed by atoms with E-state index in [1.165, 1.54) is 11.6 Å². The number of rotatable bonds is 7. The maximum atomic E-state index is 13.4. The van der Waals surface area contributed by atoms with Crippen molar-refractivity contribution in [2.45, 2.75) is 50.9 Å². The fraction of sp³-hybridized carbons (Fsp3) is 0.467. The molecule has 1 aliphatic carbocycles. The highest BCUT2D eigenvalue weighted by molar-refractivity contribution is 5.81. The van der Waals surface area contributed by atoms with Crippen molar-refractivity contribution in [3.8, 4) is 0 Å². The lowest BCUT2D eigenvalue weighted by Crippen LogP contribution is -2.50. The highest BCUT2D eigenvalue weighted by Gasteiger charge is 2.39. The Morgan fingerprint density at radius 1 is 1.05 bits per heavy atom. The van der Waals surface area contributed by atoms with Gasteiger partial charge >= 0.3 is 6.18 Å². The second-order valence-corrected chi connectivity index (χ2v) is 11.0. The number of aryl methyl sites for hydroxylation is 1. The van der Waals surface area contributed by atoms with E-state index in [1.54, 1.807) is 11.9 Å². The SMILES string of the molecule is Cc1ccc2nc(N3CCN(C(=O)CO[C@H]4CC[C@H](N(C)c5ccc([N+](=O)[O-])c(C(F)(F)F)c5)CC4)CC3)ccc2c1. The number of carbonyl (C=O) groups excluding carboxylic acids is 1. The van der Waals surface area contributed by atoms with Crippen molar-refractivity contribution in [2.75, 3.05) is 49.6 Å². The molecule has 0 N–H and O–H groups in total. The van der Waals surface area contributed by atoms with Crippen molar-refractivity contribution in [3.63, 3.8) is 0 Å². The van der Waals surface area contributed by atoms with Crippen LogP contribution in [-0.2, 0) is 15.7 Å². The van der Waals surface area contributed by atoms with Gasteiger partial charge in [-0.25, -0.2) is 4.98 Å². The number of halogens is 3. The van der Waals surface area contributed by atoms with Crippen molar-refractivity contribution in [3.05, 3.63) is 69.8 Å². The maximum Gasteiger partial charge on any atom is 0.423 e. The average molecular weight is 586 g/mol. The van der Waals surface area contributed by atoms with Crippen molar-refractivity contribution < 1.29 is 27.6 Å². The number of pyridine rings is 1. The Kier molecular flexibility index (Phi) is 8.53. The maximum absolute atomic E-state index is 13.4. The van der Waals surface area contributed by atoms with Crippen molar-refractivity contribution in [2.24, 2.45) is 0 Å². The van der Waals surface area contributed by atoms with Gasteiger partial charge in [0, 0.05) is 56.4 Å². The summed E-state index contributed by atoms with van der Waals surface area (Å²) in [6.07, 6.45) is -2.25. The molecule has 5 rings (SSSR count).